The number of hydrogen-bond donors (Lipinski definition) is 1. The molecule has 0 aromatic heterocycles. The Morgan fingerprint density at radius 2 is 2.22 bits per heavy atom. The fourth-order valence-electron chi connectivity index (χ4n) is 2.17. The average molecular weight is 255 g/mol. The first kappa shape index (κ1) is 13.1. The number of benzene rings is 1. The van der Waals surface area contributed by atoms with E-state index in [1.54, 1.807) is 13.2 Å². The smallest absolute Gasteiger partial charge is 0.142 e. The molecule has 4 nitrogen and oxygen atoms in total. The molecule has 0 spiro atoms. The van der Waals surface area contributed by atoms with Gasteiger partial charge in [-0.15, -0.1) is 0 Å². The molecule has 1 N–H and O–H groups in total. The van der Waals surface area contributed by atoms with Crippen molar-refractivity contribution in [3.05, 3.63) is 24.0 Å². The van der Waals surface area contributed by atoms with Gasteiger partial charge in [-0.05, 0) is 12.1 Å². The van der Waals surface area contributed by atoms with Crippen LogP contribution in [0.25, 0.3) is 0 Å². The number of rotatable bonds is 5. The van der Waals surface area contributed by atoms with Crippen molar-refractivity contribution in [2.24, 2.45) is 5.41 Å². The summed E-state index contributed by atoms with van der Waals surface area (Å²) >= 11 is 0. The van der Waals surface area contributed by atoms with Crippen LogP contribution in [0.5, 0.6) is 5.75 Å². The minimum atomic E-state index is -0.305. The van der Waals surface area contributed by atoms with Gasteiger partial charge in [0, 0.05) is 19.7 Å². The van der Waals surface area contributed by atoms with Gasteiger partial charge in [-0.3, -0.25) is 0 Å². The molecule has 0 unspecified atom stereocenters. The second-order valence-corrected chi connectivity index (χ2v) is 4.82. The van der Waals surface area contributed by atoms with E-state index < -0.39 is 0 Å². The van der Waals surface area contributed by atoms with Crippen molar-refractivity contribution in [3.8, 4) is 5.75 Å². The first-order valence-corrected chi connectivity index (χ1v) is 5.83. The number of aliphatic hydroxyl groups is 1. The van der Waals surface area contributed by atoms with Crippen molar-refractivity contribution in [1.82, 2.24) is 0 Å². The number of nitrogens with zero attached hydrogens (tertiary/aromatic N) is 1. The molecule has 0 saturated carbocycles. The van der Waals surface area contributed by atoms with E-state index in [2.05, 4.69) is 0 Å². The fraction of sp³-hybridized carbons (Fsp3) is 0.538. The van der Waals surface area contributed by atoms with Crippen LogP contribution in [0.2, 0.25) is 0 Å². The summed E-state index contributed by atoms with van der Waals surface area (Å²) in [6, 6.07) is 4.40. The molecule has 0 aliphatic carbocycles. The van der Waals surface area contributed by atoms with Gasteiger partial charge < -0.3 is 19.5 Å². The molecule has 1 heterocycles. The molecule has 100 valence electrons. The highest BCUT2D eigenvalue weighted by Gasteiger charge is 2.39. The van der Waals surface area contributed by atoms with E-state index in [-0.39, 0.29) is 17.8 Å². The highest BCUT2D eigenvalue weighted by molar-refractivity contribution is 5.58. The molecular weight excluding hydrogens is 237 g/mol. The van der Waals surface area contributed by atoms with E-state index in [0.29, 0.717) is 31.2 Å². The molecule has 2 rings (SSSR count). The van der Waals surface area contributed by atoms with E-state index in [4.69, 9.17) is 9.47 Å². The van der Waals surface area contributed by atoms with Gasteiger partial charge in [0.25, 0.3) is 0 Å². The van der Waals surface area contributed by atoms with Crippen LogP contribution in [-0.4, -0.2) is 45.6 Å². The van der Waals surface area contributed by atoms with Crippen LogP contribution in [-0.2, 0) is 4.74 Å². The van der Waals surface area contributed by atoms with Gasteiger partial charge in [0.2, 0.25) is 0 Å². The van der Waals surface area contributed by atoms with Gasteiger partial charge in [-0.25, -0.2) is 4.39 Å². The Hall–Kier alpha value is -1.33. The normalized spacial score (nSPS) is 17.1. The number of anilines is 1. The minimum absolute atomic E-state index is 0.0645. The maximum atomic E-state index is 13.3. The van der Waals surface area contributed by atoms with Crippen LogP contribution >= 0.6 is 0 Å². The molecule has 0 radical (unpaired) electrons. The van der Waals surface area contributed by atoms with Crippen molar-refractivity contribution < 1.29 is 19.0 Å². The zero-order valence-corrected chi connectivity index (χ0v) is 10.6. The topological polar surface area (TPSA) is 41.9 Å². The van der Waals surface area contributed by atoms with E-state index in [9.17, 15) is 9.50 Å². The molecule has 1 saturated heterocycles. The van der Waals surface area contributed by atoms with E-state index >= 15 is 0 Å². The van der Waals surface area contributed by atoms with Gasteiger partial charge in [-0.2, -0.15) is 0 Å². The van der Waals surface area contributed by atoms with Crippen LogP contribution in [0, 0.1) is 11.2 Å². The predicted molar refractivity (Wildman–Crippen MR) is 66.6 cm³/mol. The maximum absolute atomic E-state index is 13.3. The van der Waals surface area contributed by atoms with Crippen LogP contribution < -0.4 is 9.64 Å². The zero-order chi connectivity index (χ0) is 13.2. The molecule has 0 atom stereocenters. The lowest BCUT2D eigenvalue weighted by Crippen LogP contribution is -2.52. The number of ether oxygens (including phenoxy) is 2. The van der Waals surface area contributed by atoms with Crippen LogP contribution in [0.3, 0.4) is 0 Å². The molecule has 1 aliphatic heterocycles. The lowest BCUT2D eigenvalue weighted by molar-refractivity contribution is -0.130. The molecule has 1 fully saturated rings. The van der Waals surface area contributed by atoms with Crippen molar-refractivity contribution in [3.63, 3.8) is 0 Å². The third-order valence-corrected chi connectivity index (χ3v) is 3.28. The Morgan fingerprint density at radius 3 is 2.72 bits per heavy atom. The fourth-order valence-corrected chi connectivity index (χ4v) is 2.17. The summed E-state index contributed by atoms with van der Waals surface area (Å²) in [7, 11) is 3.41. The molecule has 5 heteroatoms. The number of hydrogen-bond acceptors (Lipinski definition) is 4. The quantitative estimate of drug-likeness (QED) is 0.860. The highest BCUT2D eigenvalue weighted by atomic mass is 19.1. The summed E-state index contributed by atoms with van der Waals surface area (Å²) in [5, 5.41) is 9.40. The van der Waals surface area contributed by atoms with Gasteiger partial charge >= 0.3 is 0 Å². The Labute approximate surface area is 106 Å². The van der Waals surface area contributed by atoms with Crippen LogP contribution in [0.15, 0.2) is 18.2 Å². The Morgan fingerprint density at radius 1 is 1.50 bits per heavy atom. The maximum Gasteiger partial charge on any atom is 0.142 e. The Kier molecular flexibility index (Phi) is 3.73. The summed E-state index contributed by atoms with van der Waals surface area (Å²) in [6.45, 7) is 1.73. The van der Waals surface area contributed by atoms with E-state index in [1.165, 1.54) is 12.1 Å². The standard InChI is InChI=1S/C13H18FNO3/c1-15(6-13(7-16)8-18-9-13)11-5-10(14)3-4-12(11)17-2/h3-5,16H,6-9H2,1-2H3. The van der Waals surface area contributed by atoms with Gasteiger partial charge in [-0.1, -0.05) is 0 Å². The first-order valence-electron chi connectivity index (χ1n) is 5.83. The lowest BCUT2D eigenvalue weighted by atomic mass is 9.86. The third kappa shape index (κ3) is 2.42. The average Bonchev–Trinajstić information content (AvgIpc) is 2.33. The lowest BCUT2D eigenvalue weighted by Gasteiger charge is -2.43. The monoisotopic (exact) mass is 255 g/mol. The summed E-state index contributed by atoms with van der Waals surface area (Å²) in [5.74, 6) is 0.313. The Bertz CT molecular complexity index is 415. The SMILES string of the molecule is COc1ccc(F)cc1N(C)CC1(CO)COC1. The minimum Gasteiger partial charge on any atom is -0.495 e. The molecule has 1 aromatic carbocycles. The third-order valence-electron chi connectivity index (χ3n) is 3.28. The number of halogens is 1. The van der Waals surface area contributed by atoms with Gasteiger partial charge in [0.15, 0.2) is 0 Å². The van der Waals surface area contributed by atoms with Gasteiger partial charge in [0.05, 0.1) is 38.0 Å². The predicted octanol–water partition coefficient (Wildman–Crippen LogP) is 1.28. The second-order valence-electron chi connectivity index (χ2n) is 4.82. The summed E-state index contributed by atoms with van der Waals surface area (Å²) in [5.41, 5.74) is 0.434. The molecule has 1 aromatic rings. The van der Waals surface area contributed by atoms with Crippen LogP contribution in [0.1, 0.15) is 0 Å². The van der Waals surface area contributed by atoms with E-state index in [0.717, 1.165) is 0 Å². The number of methoxy groups -OCH3 is 1. The molecule has 1 aliphatic rings. The van der Waals surface area contributed by atoms with Crippen molar-refractivity contribution in [2.75, 3.05) is 45.4 Å². The summed E-state index contributed by atoms with van der Waals surface area (Å²) in [4.78, 5) is 1.89. The largest absolute Gasteiger partial charge is 0.495 e. The van der Waals surface area contributed by atoms with Crippen molar-refractivity contribution in [2.45, 2.75) is 0 Å². The highest BCUT2D eigenvalue weighted by Crippen LogP contribution is 2.33. The van der Waals surface area contributed by atoms with Gasteiger partial charge in [0.1, 0.15) is 11.6 Å². The Balaban J connectivity index is 2.17. The molecule has 0 bridgehead atoms. The zero-order valence-electron chi connectivity index (χ0n) is 10.6. The summed E-state index contributed by atoms with van der Waals surface area (Å²) < 4.78 is 23.7. The number of aliphatic hydroxyl groups excluding tert-OH is 1. The second kappa shape index (κ2) is 5.12. The first-order chi connectivity index (χ1) is 8.60. The summed E-state index contributed by atoms with van der Waals surface area (Å²) in [6.07, 6.45) is 0. The van der Waals surface area contributed by atoms with Crippen LogP contribution in [0.4, 0.5) is 10.1 Å². The van der Waals surface area contributed by atoms with Crippen molar-refractivity contribution >= 4 is 5.69 Å². The molecule has 18 heavy (non-hydrogen) atoms. The molecular formula is C13H18FNO3. The van der Waals surface area contributed by atoms with Crippen molar-refractivity contribution in [1.29, 1.82) is 0 Å². The van der Waals surface area contributed by atoms with E-state index in [1.807, 2.05) is 11.9 Å². The molecule has 0 amide bonds.